The maximum Gasteiger partial charge on any atom is 0.217 e. The van der Waals surface area contributed by atoms with Crippen LogP contribution in [0.25, 0.3) is 0 Å². The molecular formula is C21H23F3N2O2. The van der Waals surface area contributed by atoms with E-state index in [1.54, 1.807) is 18.2 Å². The number of benzene rings is 2. The van der Waals surface area contributed by atoms with Crippen LogP contribution in [0.2, 0.25) is 0 Å². The molecule has 1 amide bonds. The summed E-state index contributed by atoms with van der Waals surface area (Å²) in [7, 11) is 0. The van der Waals surface area contributed by atoms with Crippen LogP contribution < -0.4 is 5.32 Å². The lowest BCUT2D eigenvalue weighted by Gasteiger charge is -2.43. The van der Waals surface area contributed by atoms with Crippen molar-refractivity contribution in [1.29, 1.82) is 0 Å². The van der Waals surface area contributed by atoms with Gasteiger partial charge in [-0.3, -0.25) is 4.79 Å². The molecule has 1 fully saturated rings. The van der Waals surface area contributed by atoms with E-state index in [4.69, 9.17) is 0 Å². The summed E-state index contributed by atoms with van der Waals surface area (Å²) in [5.41, 5.74) is -0.0571. The van der Waals surface area contributed by atoms with Crippen molar-refractivity contribution in [2.75, 3.05) is 19.6 Å². The summed E-state index contributed by atoms with van der Waals surface area (Å²) in [6.45, 7) is 2.66. The SMILES string of the molecule is CC(=O)NC1(c2ccccc2F)CCN(C[C@@H](O)c2ccc(F)c(F)c2)CC1. The maximum atomic E-state index is 14.4. The molecule has 150 valence electrons. The Labute approximate surface area is 162 Å². The zero-order chi connectivity index (χ0) is 20.3. The molecule has 4 nitrogen and oxygen atoms in total. The normalized spacial score (nSPS) is 17.9. The van der Waals surface area contributed by atoms with Crippen LogP contribution in [0.3, 0.4) is 0 Å². The van der Waals surface area contributed by atoms with Crippen LogP contribution in [-0.4, -0.2) is 35.5 Å². The van der Waals surface area contributed by atoms with E-state index < -0.39 is 23.3 Å². The molecule has 1 aliphatic heterocycles. The monoisotopic (exact) mass is 392 g/mol. The fourth-order valence-electron chi connectivity index (χ4n) is 3.83. The number of nitrogens with zero attached hydrogens (tertiary/aromatic N) is 1. The van der Waals surface area contributed by atoms with E-state index >= 15 is 0 Å². The fourth-order valence-corrected chi connectivity index (χ4v) is 3.83. The van der Waals surface area contributed by atoms with Crippen molar-refractivity contribution in [3.8, 4) is 0 Å². The Kier molecular flexibility index (Phi) is 6.05. The Morgan fingerprint density at radius 1 is 1.11 bits per heavy atom. The molecular weight excluding hydrogens is 369 g/mol. The largest absolute Gasteiger partial charge is 0.387 e. The Balaban J connectivity index is 1.71. The topological polar surface area (TPSA) is 52.6 Å². The average molecular weight is 392 g/mol. The average Bonchev–Trinajstić information content (AvgIpc) is 2.65. The zero-order valence-electron chi connectivity index (χ0n) is 15.6. The number of likely N-dealkylation sites (tertiary alicyclic amines) is 1. The number of aliphatic hydroxyl groups excluding tert-OH is 1. The lowest BCUT2D eigenvalue weighted by molar-refractivity contribution is -0.121. The smallest absolute Gasteiger partial charge is 0.217 e. The molecule has 1 saturated heterocycles. The van der Waals surface area contributed by atoms with Gasteiger partial charge in [-0.1, -0.05) is 24.3 Å². The molecule has 28 heavy (non-hydrogen) atoms. The molecule has 2 aromatic carbocycles. The fraction of sp³-hybridized carbons (Fsp3) is 0.381. The summed E-state index contributed by atoms with van der Waals surface area (Å²) in [4.78, 5) is 13.7. The summed E-state index contributed by atoms with van der Waals surface area (Å²) in [5, 5.41) is 13.3. The van der Waals surface area contributed by atoms with Crippen molar-refractivity contribution >= 4 is 5.91 Å². The van der Waals surface area contributed by atoms with Crippen LogP contribution in [0.4, 0.5) is 13.2 Å². The van der Waals surface area contributed by atoms with Gasteiger partial charge in [0.2, 0.25) is 5.91 Å². The Bertz CT molecular complexity index is 851. The highest BCUT2D eigenvalue weighted by Gasteiger charge is 2.39. The van der Waals surface area contributed by atoms with Gasteiger partial charge in [0.05, 0.1) is 11.6 Å². The number of carbonyl (C=O) groups is 1. The highest BCUT2D eigenvalue weighted by atomic mass is 19.2. The van der Waals surface area contributed by atoms with Crippen LogP contribution in [0.1, 0.15) is 37.0 Å². The van der Waals surface area contributed by atoms with Crippen LogP contribution in [0, 0.1) is 17.5 Å². The summed E-state index contributed by atoms with van der Waals surface area (Å²) >= 11 is 0. The first kappa shape index (κ1) is 20.4. The number of amides is 1. The lowest BCUT2D eigenvalue weighted by Crippen LogP contribution is -2.53. The minimum absolute atomic E-state index is 0.235. The van der Waals surface area contributed by atoms with Crippen LogP contribution in [0.15, 0.2) is 42.5 Å². The van der Waals surface area contributed by atoms with E-state index in [0.29, 0.717) is 37.1 Å². The predicted octanol–water partition coefficient (Wildman–Crippen LogP) is 3.26. The minimum Gasteiger partial charge on any atom is -0.387 e. The molecule has 2 N–H and O–H groups in total. The van der Waals surface area contributed by atoms with Gasteiger partial charge in [0.15, 0.2) is 11.6 Å². The Hall–Kier alpha value is -2.38. The first-order valence-corrected chi connectivity index (χ1v) is 9.20. The molecule has 0 bridgehead atoms. The van der Waals surface area contributed by atoms with Gasteiger partial charge in [-0.15, -0.1) is 0 Å². The second-order valence-corrected chi connectivity index (χ2v) is 7.23. The summed E-state index contributed by atoms with van der Waals surface area (Å²) < 4.78 is 40.9. The second-order valence-electron chi connectivity index (χ2n) is 7.23. The third-order valence-electron chi connectivity index (χ3n) is 5.27. The first-order valence-electron chi connectivity index (χ1n) is 9.20. The van der Waals surface area contributed by atoms with Gasteiger partial charge in [0.25, 0.3) is 0 Å². The summed E-state index contributed by atoms with van der Waals surface area (Å²) in [6.07, 6.45) is -0.0347. The van der Waals surface area contributed by atoms with Gasteiger partial charge < -0.3 is 15.3 Å². The van der Waals surface area contributed by atoms with Gasteiger partial charge in [-0.2, -0.15) is 0 Å². The minimum atomic E-state index is -1.00. The number of β-amino-alcohol motifs (C(OH)–C–C–N with tert-alkyl or cyclic N) is 1. The highest BCUT2D eigenvalue weighted by molar-refractivity contribution is 5.74. The number of hydrogen-bond donors (Lipinski definition) is 2. The van der Waals surface area contributed by atoms with E-state index in [1.807, 2.05) is 4.90 Å². The van der Waals surface area contributed by atoms with Gasteiger partial charge >= 0.3 is 0 Å². The first-order chi connectivity index (χ1) is 13.3. The molecule has 1 aliphatic rings. The molecule has 0 radical (unpaired) electrons. The van der Waals surface area contributed by atoms with E-state index in [0.717, 1.165) is 12.1 Å². The number of hydrogen-bond acceptors (Lipinski definition) is 3. The van der Waals surface area contributed by atoms with Gasteiger partial charge in [0, 0.05) is 32.1 Å². The molecule has 1 atom stereocenters. The third-order valence-corrected chi connectivity index (χ3v) is 5.27. The van der Waals surface area contributed by atoms with Crippen LogP contribution in [0.5, 0.6) is 0 Å². The van der Waals surface area contributed by atoms with Gasteiger partial charge in [0.1, 0.15) is 5.82 Å². The second kappa shape index (κ2) is 8.32. The molecule has 0 spiro atoms. The van der Waals surface area contributed by atoms with Crippen molar-refractivity contribution in [3.05, 3.63) is 71.0 Å². The van der Waals surface area contributed by atoms with Gasteiger partial charge in [-0.05, 0) is 36.6 Å². The van der Waals surface area contributed by atoms with E-state index in [9.17, 15) is 23.1 Å². The lowest BCUT2D eigenvalue weighted by atomic mass is 9.80. The van der Waals surface area contributed by atoms with Crippen LogP contribution >= 0.6 is 0 Å². The van der Waals surface area contributed by atoms with Crippen LogP contribution in [-0.2, 0) is 10.3 Å². The van der Waals surface area contributed by atoms with Gasteiger partial charge in [-0.25, -0.2) is 13.2 Å². The van der Waals surface area contributed by atoms with Crippen molar-refractivity contribution in [3.63, 3.8) is 0 Å². The maximum absolute atomic E-state index is 14.4. The summed E-state index contributed by atoms with van der Waals surface area (Å²) in [5.74, 6) is -2.57. The number of nitrogens with one attached hydrogen (secondary N) is 1. The number of carbonyl (C=O) groups excluding carboxylic acids is 1. The van der Waals surface area contributed by atoms with Crippen molar-refractivity contribution in [1.82, 2.24) is 10.2 Å². The van der Waals surface area contributed by atoms with Crippen molar-refractivity contribution in [2.45, 2.75) is 31.4 Å². The molecule has 7 heteroatoms. The van der Waals surface area contributed by atoms with E-state index in [2.05, 4.69) is 5.32 Å². The molecule has 0 saturated carbocycles. The molecule has 0 aromatic heterocycles. The van der Waals surface area contributed by atoms with Crippen molar-refractivity contribution in [2.24, 2.45) is 0 Å². The number of rotatable bonds is 5. The third kappa shape index (κ3) is 4.36. The molecule has 2 aromatic rings. The highest BCUT2D eigenvalue weighted by Crippen LogP contribution is 2.35. The van der Waals surface area contributed by atoms with Crippen molar-refractivity contribution < 1.29 is 23.1 Å². The molecule has 0 unspecified atom stereocenters. The quantitative estimate of drug-likeness (QED) is 0.821. The molecule has 0 aliphatic carbocycles. The standard InChI is InChI=1S/C21H23F3N2O2/c1-14(27)25-21(16-4-2-3-5-17(16)22)8-10-26(11-9-21)13-20(28)15-6-7-18(23)19(24)12-15/h2-7,12,20,28H,8-11,13H2,1H3,(H,25,27)/t20-/m1/s1. The Morgan fingerprint density at radius 2 is 1.79 bits per heavy atom. The number of halogens is 3. The predicted molar refractivity (Wildman–Crippen MR) is 98.9 cm³/mol. The Morgan fingerprint density at radius 3 is 2.39 bits per heavy atom. The zero-order valence-corrected chi connectivity index (χ0v) is 15.6. The number of aliphatic hydroxyl groups is 1. The molecule has 3 rings (SSSR count). The van der Waals surface area contributed by atoms with E-state index in [-0.39, 0.29) is 18.3 Å². The molecule has 1 heterocycles. The number of piperidine rings is 1. The summed E-state index contributed by atoms with van der Waals surface area (Å²) in [6, 6.07) is 9.73. The van der Waals surface area contributed by atoms with E-state index in [1.165, 1.54) is 19.1 Å².